The second-order valence-corrected chi connectivity index (χ2v) is 7.92. The molecule has 0 bridgehead atoms. The van der Waals surface area contributed by atoms with Gasteiger partial charge in [-0.05, 0) is 42.2 Å². The zero-order valence-corrected chi connectivity index (χ0v) is 14.8. The maximum atomic E-state index is 4.86. The van der Waals surface area contributed by atoms with Crippen molar-refractivity contribution in [2.45, 2.75) is 39.2 Å². The number of nitrogens with zero attached hydrogens (tertiary/aromatic N) is 6. The lowest BCUT2D eigenvalue weighted by Gasteiger charge is -2.29. The zero-order chi connectivity index (χ0) is 16.1. The molecule has 1 atom stereocenters. The summed E-state index contributed by atoms with van der Waals surface area (Å²) in [6, 6.07) is 0. The van der Waals surface area contributed by atoms with Crippen molar-refractivity contribution in [3.63, 3.8) is 0 Å². The van der Waals surface area contributed by atoms with Gasteiger partial charge in [0.15, 0.2) is 0 Å². The van der Waals surface area contributed by atoms with Gasteiger partial charge in [-0.25, -0.2) is 0 Å². The van der Waals surface area contributed by atoms with Crippen molar-refractivity contribution in [3.05, 3.63) is 10.4 Å². The first kappa shape index (κ1) is 14.5. The summed E-state index contributed by atoms with van der Waals surface area (Å²) in [5.74, 6) is 1.74. The largest absolute Gasteiger partial charge is 0.356 e. The highest BCUT2D eigenvalue weighted by Gasteiger charge is 2.29. The van der Waals surface area contributed by atoms with Crippen molar-refractivity contribution in [1.29, 1.82) is 0 Å². The van der Waals surface area contributed by atoms with E-state index in [9.17, 15) is 0 Å². The normalized spacial score (nSPS) is 21.5. The first-order valence-electron chi connectivity index (χ1n) is 8.96. The Bertz CT molecular complexity index is 893. The highest BCUT2D eigenvalue weighted by atomic mass is 32.1. The lowest BCUT2D eigenvalue weighted by molar-refractivity contribution is -0.913. The number of aromatic nitrogens is 5. The smallest absolute Gasteiger partial charge is 0.276 e. The van der Waals surface area contributed by atoms with E-state index in [4.69, 9.17) is 4.98 Å². The third-order valence-electron chi connectivity index (χ3n) is 5.44. The van der Waals surface area contributed by atoms with Crippen LogP contribution in [0, 0.1) is 0 Å². The van der Waals surface area contributed by atoms with E-state index < -0.39 is 0 Å². The van der Waals surface area contributed by atoms with Crippen molar-refractivity contribution in [2.75, 3.05) is 31.1 Å². The average Bonchev–Trinajstić information content (AvgIpc) is 3.25. The number of quaternary nitrogens is 1. The Balaban J connectivity index is 1.75. The van der Waals surface area contributed by atoms with Gasteiger partial charge in [-0.3, -0.25) is 0 Å². The van der Waals surface area contributed by atoms with E-state index in [1.54, 1.807) is 4.90 Å². The summed E-state index contributed by atoms with van der Waals surface area (Å²) in [6.07, 6.45) is 4.96. The van der Waals surface area contributed by atoms with E-state index in [1.807, 2.05) is 15.9 Å². The molecule has 0 aromatic carbocycles. The van der Waals surface area contributed by atoms with Gasteiger partial charge in [0.1, 0.15) is 17.2 Å². The molecule has 3 aromatic heterocycles. The molecular formula is C16H22N7S+. The third-order valence-corrected chi connectivity index (χ3v) is 6.65. The van der Waals surface area contributed by atoms with Crippen molar-refractivity contribution in [2.24, 2.45) is 0 Å². The highest BCUT2D eigenvalue weighted by molar-refractivity contribution is 7.19. The first-order chi connectivity index (χ1) is 11.8. The van der Waals surface area contributed by atoms with Crippen molar-refractivity contribution in [1.82, 2.24) is 25.0 Å². The fourth-order valence-corrected chi connectivity index (χ4v) is 5.43. The summed E-state index contributed by atoms with van der Waals surface area (Å²) in [7, 11) is 0. The van der Waals surface area contributed by atoms with E-state index in [0.717, 1.165) is 31.9 Å². The second-order valence-electron chi connectivity index (χ2n) is 6.84. The number of hydrogen-bond donors (Lipinski definition) is 1. The Kier molecular flexibility index (Phi) is 3.41. The van der Waals surface area contributed by atoms with Crippen LogP contribution >= 0.6 is 11.3 Å². The van der Waals surface area contributed by atoms with Crippen LogP contribution in [0.25, 0.3) is 16.0 Å². The number of likely N-dealkylation sites (N-methyl/N-ethyl adjacent to an activating group) is 1. The minimum atomic E-state index is 0.626. The SMILES string of the molecule is CC[NH+]1CCc2c(sc3c2c(N2CCCCC2)nc2nnnn23)C1. The molecular weight excluding hydrogens is 322 g/mol. The minimum Gasteiger partial charge on any atom is -0.356 e. The number of nitrogens with one attached hydrogen (secondary N) is 1. The maximum Gasteiger partial charge on any atom is 0.276 e. The lowest BCUT2D eigenvalue weighted by atomic mass is 10.0. The Morgan fingerprint density at radius 3 is 2.92 bits per heavy atom. The molecule has 0 saturated carbocycles. The second kappa shape index (κ2) is 5.63. The fourth-order valence-electron chi connectivity index (χ4n) is 4.07. The van der Waals surface area contributed by atoms with Gasteiger partial charge in [0, 0.05) is 19.5 Å². The van der Waals surface area contributed by atoms with Gasteiger partial charge in [0.05, 0.1) is 23.4 Å². The van der Waals surface area contributed by atoms with E-state index in [1.165, 1.54) is 53.0 Å². The van der Waals surface area contributed by atoms with Crippen molar-refractivity contribution < 1.29 is 4.90 Å². The zero-order valence-electron chi connectivity index (χ0n) is 14.0. The summed E-state index contributed by atoms with van der Waals surface area (Å²) in [6.45, 7) is 7.98. The van der Waals surface area contributed by atoms with Crippen LogP contribution in [0.3, 0.4) is 0 Å². The first-order valence-corrected chi connectivity index (χ1v) is 9.77. The van der Waals surface area contributed by atoms with Crippen LogP contribution in [0.1, 0.15) is 36.6 Å². The Labute approximate surface area is 144 Å². The number of hydrogen-bond acceptors (Lipinski definition) is 6. The van der Waals surface area contributed by atoms with E-state index in [0.29, 0.717) is 5.78 Å². The monoisotopic (exact) mass is 344 g/mol. The summed E-state index contributed by atoms with van der Waals surface area (Å²) in [4.78, 5) is 11.6. The number of fused-ring (bicyclic) bond motifs is 5. The third kappa shape index (κ3) is 2.12. The summed E-state index contributed by atoms with van der Waals surface area (Å²) < 4.78 is 1.83. The molecule has 0 amide bonds. The van der Waals surface area contributed by atoms with Crippen LogP contribution in [0.4, 0.5) is 5.82 Å². The summed E-state index contributed by atoms with van der Waals surface area (Å²) in [5, 5.41) is 13.5. The predicted molar refractivity (Wildman–Crippen MR) is 93.8 cm³/mol. The molecule has 1 saturated heterocycles. The molecule has 2 aliphatic heterocycles. The van der Waals surface area contributed by atoms with Gasteiger partial charge in [0.25, 0.3) is 5.78 Å². The number of tetrazole rings is 1. The van der Waals surface area contributed by atoms with Gasteiger partial charge in [-0.2, -0.15) is 9.50 Å². The van der Waals surface area contributed by atoms with Crippen LogP contribution in [-0.2, 0) is 13.0 Å². The van der Waals surface area contributed by atoms with Gasteiger partial charge < -0.3 is 9.80 Å². The van der Waals surface area contributed by atoms with Crippen molar-refractivity contribution >= 4 is 33.1 Å². The van der Waals surface area contributed by atoms with Gasteiger partial charge in [-0.1, -0.05) is 5.10 Å². The molecule has 8 heteroatoms. The fraction of sp³-hybridized carbons (Fsp3) is 0.625. The molecule has 1 unspecified atom stereocenters. The number of anilines is 1. The highest BCUT2D eigenvalue weighted by Crippen LogP contribution is 2.38. The number of rotatable bonds is 2. The topological polar surface area (TPSA) is 63.7 Å². The average molecular weight is 344 g/mol. The van der Waals surface area contributed by atoms with Crippen molar-refractivity contribution in [3.8, 4) is 0 Å². The Hall–Kier alpha value is -1.80. The Morgan fingerprint density at radius 1 is 1.21 bits per heavy atom. The standard InChI is InChI=1S/C16H21N7S/c1-2-21-9-6-11-12(10-21)24-15-13(11)14(22-7-4-3-5-8-22)17-16-18-19-20-23(15)16/h2-10H2,1H3/p+1. The van der Waals surface area contributed by atoms with E-state index in [2.05, 4.69) is 27.3 Å². The molecule has 7 nitrogen and oxygen atoms in total. The van der Waals surface area contributed by atoms with E-state index in [-0.39, 0.29) is 0 Å². The van der Waals surface area contributed by atoms with Gasteiger partial charge in [-0.15, -0.1) is 11.3 Å². The van der Waals surface area contributed by atoms with Crippen LogP contribution in [0.2, 0.25) is 0 Å². The molecule has 0 radical (unpaired) electrons. The van der Waals surface area contributed by atoms with Crippen LogP contribution in [0.5, 0.6) is 0 Å². The quantitative estimate of drug-likeness (QED) is 0.741. The lowest BCUT2D eigenvalue weighted by Crippen LogP contribution is -3.11. The van der Waals surface area contributed by atoms with E-state index >= 15 is 0 Å². The molecule has 5 heterocycles. The molecule has 2 aliphatic rings. The maximum absolute atomic E-state index is 4.86. The molecule has 1 fully saturated rings. The van der Waals surface area contributed by atoms with Gasteiger partial charge >= 0.3 is 0 Å². The molecule has 0 aliphatic carbocycles. The molecule has 3 aromatic rings. The van der Waals surface area contributed by atoms with Crippen LogP contribution < -0.4 is 9.80 Å². The molecule has 5 rings (SSSR count). The molecule has 126 valence electrons. The van der Waals surface area contributed by atoms with Crippen LogP contribution in [-0.4, -0.2) is 51.2 Å². The minimum absolute atomic E-state index is 0.626. The van der Waals surface area contributed by atoms with Gasteiger partial charge in [0.2, 0.25) is 0 Å². The molecule has 24 heavy (non-hydrogen) atoms. The summed E-state index contributed by atoms with van der Waals surface area (Å²) >= 11 is 1.86. The number of thiophene rings is 1. The molecule has 1 N–H and O–H groups in total. The molecule has 0 spiro atoms. The Morgan fingerprint density at radius 2 is 2.08 bits per heavy atom. The summed E-state index contributed by atoms with van der Waals surface area (Å²) in [5.41, 5.74) is 1.50. The number of piperidine rings is 1. The van der Waals surface area contributed by atoms with Crippen LogP contribution in [0.15, 0.2) is 0 Å². The predicted octanol–water partition coefficient (Wildman–Crippen LogP) is 0.685.